The number of benzene rings is 1. The second kappa shape index (κ2) is 12.3. The number of amidine groups is 1. The fourth-order valence-electron chi connectivity index (χ4n) is 4.80. The number of carbonyl (C=O) groups is 2. The third-order valence-electron chi connectivity index (χ3n) is 7.08. The van der Waals surface area contributed by atoms with Crippen LogP contribution in [0.25, 0.3) is 22.2 Å². The Morgan fingerprint density at radius 2 is 1.93 bits per heavy atom. The molecule has 2 amide bonds. The number of hydrogen-bond acceptors (Lipinski definition) is 5. The molecule has 214 valence electrons. The van der Waals surface area contributed by atoms with Crippen LogP contribution in [-0.2, 0) is 4.79 Å². The Morgan fingerprint density at radius 3 is 2.56 bits per heavy atom. The van der Waals surface area contributed by atoms with Gasteiger partial charge >= 0.3 is 0 Å². The zero-order valence-electron chi connectivity index (χ0n) is 22.9. The largest absolute Gasteiger partial charge is 0.337 e. The molecule has 0 spiro atoms. The van der Waals surface area contributed by atoms with Crippen molar-refractivity contribution in [1.29, 1.82) is 0 Å². The molecule has 4 rings (SSSR count). The number of aromatic nitrogens is 3. The summed E-state index contributed by atoms with van der Waals surface area (Å²) >= 11 is 0. The zero-order valence-corrected chi connectivity index (χ0v) is 22.9. The summed E-state index contributed by atoms with van der Waals surface area (Å²) in [7, 11) is 1.38. The van der Waals surface area contributed by atoms with Gasteiger partial charge in [-0.25, -0.2) is 13.2 Å². The van der Waals surface area contributed by atoms with Crippen molar-refractivity contribution in [2.45, 2.75) is 38.2 Å². The Kier molecular flexibility index (Phi) is 8.85. The van der Waals surface area contributed by atoms with E-state index in [9.17, 15) is 18.4 Å². The van der Waals surface area contributed by atoms with Crippen molar-refractivity contribution < 1.29 is 22.8 Å². The minimum absolute atomic E-state index is 0.0372. The summed E-state index contributed by atoms with van der Waals surface area (Å²) < 4.78 is 45.0. The molecule has 1 aromatic carbocycles. The number of aliphatic imine (C=N–C) groups is 1. The fraction of sp³-hybridized carbons (Fsp3) is 0.300. The van der Waals surface area contributed by atoms with Gasteiger partial charge in [-0.3, -0.25) is 24.2 Å². The molecule has 1 atom stereocenters. The number of carbonyl (C=O) groups excluding carboxylic acids is 2. The van der Waals surface area contributed by atoms with Gasteiger partial charge in [0.15, 0.2) is 5.82 Å². The molecule has 11 heteroatoms. The molecule has 1 aliphatic rings. The van der Waals surface area contributed by atoms with Crippen LogP contribution in [0.1, 0.15) is 42.6 Å². The lowest BCUT2D eigenvalue weighted by Gasteiger charge is -2.32. The van der Waals surface area contributed by atoms with Crippen LogP contribution in [0, 0.1) is 5.82 Å². The second-order valence-electron chi connectivity index (χ2n) is 9.60. The van der Waals surface area contributed by atoms with Gasteiger partial charge in [0.1, 0.15) is 17.0 Å². The van der Waals surface area contributed by atoms with Crippen LogP contribution in [0.5, 0.6) is 0 Å². The SMILES string of the molecule is C=CC(=O)N1CCCC(n2nc(-c3ccc(C(=O)NC(/C=C(\C=C)C(F)(F)CC)=NC)cc3)c3cncc(F)c32)C1. The van der Waals surface area contributed by atoms with Crippen molar-refractivity contribution in [2.75, 3.05) is 20.1 Å². The van der Waals surface area contributed by atoms with Gasteiger partial charge in [-0.05, 0) is 37.1 Å². The van der Waals surface area contributed by atoms with E-state index in [1.54, 1.807) is 33.8 Å². The number of likely N-dealkylation sites (tertiary alicyclic amines) is 1. The molecule has 3 aromatic rings. The Hall–Kier alpha value is -4.54. The lowest BCUT2D eigenvalue weighted by molar-refractivity contribution is -0.127. The van der Waals surface area contributed by atoms with E-state index in [0.29, 0.717) is 36.2 Å². The van der Waals surface area contributed by atoms with Crippen molar-refractivity contribution in [3.63, 3.8) is 0 Å². The molecule has 0 bridgehead atoms. The molecule has 3 heterocycles. The number of nitrogens with zero attached hydrogens (tertiary/aromatic N) is 5. The van der Waals surface area contributed by atoms with E-state index >= 15 is 4.39 Å². The summed E-state index contributed by atoms with van der Waals surface area (Å²) in [5, 5.41) is 7.77. The summed E-state index contributed by atoms with van der Waals surface area (Å²) in [6.45, 7) is 9.31. The number of fused-ring (bicyclic) bond motifs is 1. The first-order valence-corrected chi connectivity index (χ1v) is 13.2. The molecular weight excluding hydrogens is 533 g/mol. The molecule has 41 heavy (non-hydrogen) atoms. The van der Waals surface area contributed by atoms with Gasteiger partial charge in [-0.2, -0.15) is 5.10 Å². The summed E-state index contributed by atoms with van der Waals surface area (Å²) in [4.78, 5) is 34.7. The Morgan fingerprint density at radius 1 is 1.20 bits per heavy atom. The van der Waals surface area contributed by atoms with Gasteiger partial charge in [-0.15, -0.1) is 0 Å². The van der Waals surface area contributed by atoms with Crippen LogP contribution in [0.15, 0.2) is 78.6 Å². The van der Waals surface area contributed by atoms with E-state index in [1.807, 2.05) is 0 Å². The molecule has 8 nitrogen and oxygen atoms in total. The average molecular weight is 565 g/mol. The monoisotopic (exact) mass is 564 g/mol. The first-order valence-electron chi connectivity index (χ1n) is 13.2. The first kappa shape index (κ1) is 29.4. The Balaban J connectivity index is 1.62. The molecule has 1 unspecified atom stereocenters. The minimum atomic E-state index is -3.11. The van der Waals surface area contributed by atoms with Crippen molar-refractivity contribution in [1.82, 2.24) is 25.0 Å². The molecule has 1 fully saturated rings. The maximum absolute atomic E-state index is 15.0. The van der Waals surface area contributed by atoms with E-state index in [4.69, 9.17) is 5.10 Å². The predicted molar refractivity (Wildman–Crippen MR) is 152 cm³/mol. The van der Waals surface area contributed by atoms with Crippen LogP contribution in [0.3, 0.4) is 0 Å². The standard InChI is InChI=1S/C30H31F3N6O2/c1-5-21(30(32,33)7-3)15-25(34-4)36-29(41)20-12-10-19(11-13-20)27-23-16-35-17-24(31)28(23)39(37-27)22-9-8-14-38(18-22)26(40)6-2/h5-6,10-13,15-17,22H,1-2,7-9,14,18H2,3-4H3,(H,34,36,41)/b21-15+. The molecule has 0 aliphatic carbocycles. The number of halogens is 3. The number of rotatable bonds is 8. The maximum atomic E-state index is 15.0. The van der Waals surface area contributed by atoms with E-state index in [1.165, 1.54) is 26.2 Å². The van der Waals surface area contributed by atoms with E-state index in [2.05, 4.69) is 28.5 Å². The minimum Gasteiger partial charge on any atom is -0.337 e. The van der Waals surface area contributed by atoms with Crippen LogP contribution in [0.2, 0.25) is 0 Å². The molecule has 2 aromatic heterocycles. The summed E-state index contributed by atoms with van der Waals surface area (Å²) in [5.74, 6) is -4.41. The van der Waals surface area contributed by atoms with Gasteiger partial charge in [0.05, 0.1) is 12.2 Å². The summed E-state index contributed by atoms with van der Waals surface area (Å²) in [6, 6.07) is 6.20. The predicted octanol–water partition coefficient (Wildman–Crippen LogP) is 5.50. The van der Waals surface area contributed by atoms with Gasteiger partial charge in [0.25, 0.3) is 11.8 Å². The molecule has 1 aliphatic heterocycles. The van der Waals surface area contributed by atoms with Crippen molar-refractivity contribution in [2.24, 2.45) is 4.99 Å². The molecule has 1 N–H and O–H groups in total. The van der Waals surface area contributed by atoms with Gasteiger partial charge in [0.2, 0.25) is 5.91 Å². The molecule has 0 saturated carbocycles. The first-order chi connectivity index (χ1) is 19.6. The Bertz CT molecular complexity index is 1540. The van der Waals surface area contributed by atoms with Crippen LogP contribution >= 0.6 is 0 Å². The van der Waals surface area contributed by atoms with Crippen LogP contribution in [0.4, 0.5) is 13.2 Å². The van der Waals surface area contributed by atoms with Crippen molar-refractivity contribution in [3.8, 4) is 11.3 Å². The highest BCUT2D eigenvalue weighted by Gasteiger charge is 2.30. The Labute approximate surface area is 236 Å². The molecule has 0 radical (unpaired) electrons. The van der Waals surface area contributed by atoms with E-state index in [0.717, 1.165) is 24.8 Å². The summed E-state index contributed by atoms with van der Waals surface area (Å²) in [6.07, 6.45) is 7.09. The third-order valence-corrected chi connectivity index (χ3v) is 7.08. The van der Waals surface area contributed by atoms with Gasteiger partial charge < -0.3 is 10.2 Å². The number of piperidine rings is 1. The smallest absolute Gasteiger partial charge is 0.273 e. The molecule has 1 saturated heterocycles. The highest BCUT2D eigenvalue weighted by molar-refractivity contribution is 6.10. The van der Waals surface area contributed by atoms with Crippen LogP contribution < -0.4 is 5.32 Å². The highest BCUT2D eigenvalue weighted by atomic mass is 19.3. The number of amides is 2. The number of allylic oxidation sites excluding steroid dienone is 2. The van der Waals surface area contributed by atoms with Crippen molar-refractivity contribution in [3.05, 3.63) is 85.0 Å². The lowest BCUT2D eigenvalue weighted by Crippen LogP contribution is -2.40. The second-order valence-corrected chi connectivity index (χ2v) is 9.60. The number of hydrogen-bond donors (Lipinski definition) is 1. The highest BCUT2D eigenvalue weighted by Crippen LogP contribution is 2.33. The van der Waals surface area contributed by atoms with Gasteiger partial charge in [-0.1, -0.05) is 38.3 Å². The number of nitrogens with one attached hydrogen (secondary N) is 1. The zero-order chi connectivity index (χ0) is 29.7. The van der Waals surface area contributed by atoms with E-state index in [-0.39, 0.29) is 34.4 Å². The van der Waals surface area contributed by atoms with E-state index < -0.39 is 24.1 Å². The number of pyridine rings is 1. The fourth-order valence-corrected chi connectivity index (χ4v) is 4.80. The summed E-state index contributed by atoms with van der Waals surface area (Å²) in [5.41, 5.74) is 1.28. The molecular formula is C30H31F3N6O2. The topological polar surface area (TPSA) is 92.5 Å². The normalized spacial score (nSPS) is 16.5. The number of alkyl halides is 2. The average Bonchev–Trinajstić information content (AvgIpc) is 3.39. The van der Waals surface area contributed by atoms with Crippen molar-refractivity contribution >= 4 is 28.6 Å². The van der Waals surface area contributed by atoms with Gasteiger partial charge in [0, 0.05) is 54.8 Å². The quantitative estimate of drug-likeness (QED) is 0.169. The lowest BCUT2D eigenvalue weighted by atomic mass is 10.0. The van der Waals surface area contributed by atoms with Crippen LogP contribution in [-0.4, -0.2) is 63.4 Å². The maximum Gasteiger partial charge on any atom is 0.273 e. The third kappa shape index (κ3) is 6.13.